The Morgan fingerprint density at radius 3 is 2.25 bits per heavy atom. The third kappa shape index (κ3) is 4.07. The molecule has 0 fully saturated rings. The summed E-state index contributed by atoms with van der Waals surface area (Å²) in [5.74, 6) is 0. The third-order valence-electron chi connectivity index (χ3n) is 2.63. The maximum Gasteiger partial charge on any atom is 0.0272 e. The van der Waals surface area contributed by atoms with Crippen molar-refractivity contribution in [1.29, 1.82) is 0 Å². The Morgan fingerprint density at radius 2 is 1.83 bits per heavy atom. The Labute approximate surface area is 77.1 Å². The van der Waals surface area contributed by atoms with E-state index < -0.39 is 0 Å². The van der Waals surface area contributed by atoms with E-state index >= 15 is 0 Å². The highest BCUT2D eigenvalue weighted by Crippen LogP contribution is 2.10. The lowest BCUT2D eigenvalue weighted by molar-refractivity contribution is 0.161. The molecule has 0 bridgehead atoms. The molecule has 0 saturated heterocycles. The Kier molecular flexibility index (Phi) is 5.51. The summed E-state index contributed by atoms with van der Waals surface area (Å²) in [7, 11) is 2.16. The van der Waals surface area contributed by atoms with E-state index in [1.807, 2.05) is 0 Å². The van der Waals surface area contributed by atoms with E-state index in [1.54, 1.807) is 0 Å². The van der Waals surface area contributed by atoms with Crippen LogP contribution < -0.4 is 5.73 Å². The van der Waals surface area contributed by atoms with Crippen LogP contribution >= 0.6 is 0 Å². The first-order chi connectivity index (χ1) is 5.54. The second-order valence-corrected chi connectivity index (χ2v) is 4.15. The molecule has 0 aliphatic heterocycles. The van der Waals surface area contributed by atoms with E-state index in [9.17, 15) is 0 Å². The third-order valence-corrected chi connectivity index (χ3v) is 2.63. The highest BCUT2D eigenvalue weighted by molar-refractivity contribution is 4.79. The first-order valence-corrected chi connectivity index (χ1v) is 4.96. The molecular formula is C10H24N2. The molecule has 74 valence electrons. The molecule has 0 radical (unpaired) electrons. The van der Waals surface area contributed by atoms with Crippen LogP contribution in [-0.4, -0.2) is 30.6 Å². The molecule has 0 aromatic heterocycles. The number of rotatable bonds is 6. The second kappa shape index (κ2) is 5.55. The van der Waals surface area contributed by atoms with Gasteiger partial charge in [0.15, 0.2) is 0 Å². The van der Waals surface area contributed by atoms with Crippen LogP contribution in [0.1, 0.15) is 40.0 Å². The molecule has 0 aliphatic carbocycles. The van der Waals surface area contributed by atoms with Crippen LogP contribution in [0.15, 0.2) is 0 Å². The average molecular weight is 172 g/mol. The SMILES string of the molecule is CCCCCN(C)C(C)(C)CN. The van der Waals surface area contributed by atoms with Gasteiger partial charge in [0.05, 0.1) is 0 Å². The minimum absolute atomic E-state index is 0.160. The van der Waals surface area contributed by atoms with Gasteiger partial charge in [-0.15, -0.1) is 0 Å². The summed E-state index contributed by atoms with van der Waals surface area (Å²) >= 11 is 0. The molecule has 2 N–H and O–H groups in total. The zero-order chi connectivity index (χ0) is 9.61. The van der Waals surface area contributed by atoms with E-state index in [0.717, 1.165) is 13.1 Å². The summed E-state index contributed by atoms with van der Waals surface area (Å²) in [5.41, 5.74) is 5.83. The van der Waals surface area contributed by atoms with E-state index in [4.69, 9.17) is 5.73 Å². The van der Waals surface area contributed by atoms with Crippen molar-refractivity contribution >= 4 is 0 Å². The second-order valence-electron chi connectivity index (χ2n) is 4.15. The van der Waals surface area contributed by atoms with E-state index in [1.165, 1.54) is 19.3 Å². The lowest BCUT2D eigenvalue weighted by atomic mass is 10.0. The fourth-order valence-electron chi connectivity index (χ4n) is 1.06. The number of hydrogen-bond acceptors (Lipinski definition) is 2. The van der Waals surface area contributed by atoms with Gasteiger partial charge in [-0.1, -0.05) is 19.8 Å². The summed E-state index contributed by atoms with van der Waals surface area (Å²) in [6, 6.07) is 0. The number of likely N-dealkylation sites (N-methyl/N-ethyl adjacent to an activating group) is 1. The van der Waals surface area contributed by atoms with Crippen LogP contribution in [0.4, 0.5) is 0 Å². The predicted octanol–water partition coefficient (Wildman–Crippen LogP) is 1.85. The Morgan fingerprint density at radius 1 is 1.25 bits per heavy atom. The molecular weight excluding hydrogens is 148 g/mol. The van der Waals surface area contributed by atoms with Crippen LogP contribution in [0.2, 0.25) is 0 Å². The Balaban J connectivity index is 3.63. The number of hydrogen-bond donors (Lipinski definition) is 1. The topological polar surface area (TPSA) is 29.3 Å². The van der Waals surface area contributed by atoms with Crippen molar-refractivity contribution in [2.45, 2.75) is 45.6 Å². The van der Waals surface area contributed by atoms with Crippen LogP contribution in [0, 0.1) is 0 Å². The highest BCUT2D eigenvalue weighted by Gasteiger charge is 2.20. The molecule has 0 amide bonds. The quantitative estimate of drug-likeness (QED) is 0.619. The summed E-state index contributed by atoms with van der Waals surface area (Å²) in [4.78, 5) is 2.35. The van der Waals surface area contributed by atoms with Gasteiger partial charge in [0.25, 0.3) is 0 Å². The number of unbranched alkanes of at least 4 members (excludes halogenated alkanes) is 2. The molecule has 0 aromatic rings. The van der Waals surface area contributed by atoms with Crippen molar-refractivity contribution < 1.29 is 0 Å². The molecule has 0 unspecified atom stereocenters. The molecule has 2 nitrogen and oxygen atoms in total. The molecule has 2 heteroatoms. The maximum absolute atomic E-state index is 5.67. The lowest BCUT2D eigenvalue weighted by Gasteiger charge is -2.34. The van der Waals surface area contributed by atoms with Crippen LogP contribution in [0.25, 0.3) is 0 Å². The van der Waals surface area contributed by atoms with Crippen molar-refractivity contribution in [3.8, 4) is 0 Å². The van der Waals surface area contributed by atoms with Crippen LogP contribution in [0.5, 0.6) is 0 Å². The van der Waals surface area contributed by atoms with Gasteiger partial charge in [0.1, 0.15) is 0 Å². The van der Waals surface area contributed by atoms with Crippen LogP contribution in [-0.2, 0) is 0 Å². The largest absolute Gasteiger partial charge is 0.329 e. The van der Waals surface area contributed by atoms with Gasteiger partial charge in [-0.25, -0.2) is 0 Å². The van der Waals surface area contributed by atoms with E-state index in [2.05, 4.69) is 32.7 Å². The molecule has 12 heavy (non-hydrogen) atoms. The van der Waals surface area contributed by atoms with Crippen molar-refractivity contribution in [2.24, 2.45) is 5.73 Å². The van der Waals surface area contributed by atoms with Gasteiger partial charge in [0.2, 0.25) is 0 Å². The monoisotopic (exact) mass is 172 g/mol. The van der Waals surface area contributed by atoms with Gasteiger partial charge in [-0.2, -0.15) is 0 Å². The molecule has 0 aliphatic rings. The molecule has 0 heterocycles. The first kappa shape index (κ1) is 11.9. The normalized spacial score (nSPS) is 12.5. The van der Waals surface area contributed by atoms with E-state index in [-0.39, 0.29) is 5.54 Å². The number of nitrogens with zero attached hydrogens (tertiary/aromatic N) is 1. The zero-order valence-electron chi connectivity index (χ0n) is 9.06. The van der Waals surface area contributed by atoms with Gasteiger partial charge < -0.3 is 5.73 Å². The maximum atomic E-state index is 5.67. The fraction of sp³-hybridized carbons (Fsp3) is 1.00. The standard InChI is InChI=1S/C10H24N2/c1-5-6-7-8-12(4)10(2,3)9-11/h5-9,11H2,1-4H3. The fourth-order valence-corrected chi connectivity index (χ4v) is 1.06. The lowest BCUT2D eigenvalue weighted by Crippen LogP contribution is -2.47. The summed E-state index contributed by atoms with van der Waals surface area (Å²) < 4.78 is 0. The summed E-state index contributed by atoms with van der Waals surface area (Å²) in [6.07, 6.45) is 3.90. The molecule has 0 aromatic carbocycles. The van der Waals surface area contributed by atoms with Crippen molar-refractivity contribution in [3.63, 3.8) is 0 Å². The van der Waals surface area contributed by atoms with Crippen molar-refractivity contribution in [1.82, 2.24) is 4.90 Å². The van der Waals surface area contributed by atoms with E-state index in [0.29, 0.717) is 0 Å². The summed E-state index contributed by atoms with van der Waals surface area (Å²) in [6.45, 7) is 8.51. The van der Waals surface area contributed by atoms with Crippen molar-refractivity contribution in [3.05, 3.63) is 0 Å². The zero-order valence-corrected chi connectivity index (χ0v) is 9.06. The predicted molar refractivity (Wildman–Crippen MR) is 55.3 cm³/mol. The Bertz CT molecular complexity index is 110. The molecule has 0 rings (SSSR count). The number of nitrogens with two attached hydrogens (primary N) is 1. The van der Waals surface area contributed by atoms with Gasteiger partial charge in [-0.3, -0.25) is 4.90 Å². The minimum atomic E-state index is 0.160. The molecule has 0 saturated carbocycles. The smallest absolute Gasteiger partial charge is 0.0272 e. The first-order valence-electron chi connectivity index (χ1n) is 4.96. The van der Waals surface area contributed by atoms with Gasteiger partial charge in [-0.05, 0) is 33.9 Å². The average Bonchev–Trinajstić information content (AvgIpc) is 2.05. The minimum Gasteiger partial charge on any atom is -0.329 e. The molecule has 0 atom stereocenters. The van der Waals surface area contributed by atoms with Gasteiger partial charge >= 0.3 is 0 Å². The van der Waals surface area contributed by atoms with Crippen molar-refractivity contribution in [2.75, 3.05) is 20.1 Å². The highest BCUT2D eigenvalue weighted by atomic mass is 15.2. The summed E-state index contributed by atoms with van der Waals surface area (Å²) in [5, 5.41) is 0. The van der Waals surface area contributed by atoms with Gasteiger partial charge in [0, 0.05) is 12.1 Å². The molecule has 0 spiro atoms. The van der Waals surface area contributed by atoms with Crippen LogP contribution in [0.3, 0.4) is 0 Å². The Hall–Kier alpha value is -0.0800.